The predicted molar refractivity (Wildman–Crippen MR) is 71.6 cm³/mol. The van der Waals surface area contributed by atoms with E-state index >= 15 is 0 Å². The van der Waals surface area contributed by atoms with E-state index in [1.807, 2.05) is 17.5 Å². The molecule has 2 aromatic heterocycles. The number of nitrogens with zero attached hydrogens (tertiary/aromatic N) is 2. The first-order valence-electron chi connectivity index (χ1n) is 5.08. The Morgan fingerprint density at radius 2 is 2.41 bits per heavy atom. The van der Waals surface area contributed by atoms with E-state index in [0.717, 1.165) is 10.5 Å². The van der Waals surface area contributed by atoms with Crippen molar-refractivity contribution in [2.24, 2.45) is 0 Å². The van der Waals surface area contributed by atoms with Crippen molar-refractivity contribution in [1.29, 1.82) is 0 Å². The van der Waals surface area contributed by atoms with Gasteiger partial charge in [-0.2, -0.15) is 0 Å². The van der Waals surface area contributed by atoms with E-state index in [-0.39, 0.29) is 5.91 Å². The lowest BCUT2D eigenvalue weighted by Crippen LogP contribution is -2.25. The second-order valence-corrected chi connectivity index (χ2v) is 5.12. The molecule has 0 bridgehead atoms. The summed E-state index contributed by atoms with van der Waals surface area (Å²) in [4.78, 5) is 19.3. The van der Waals surface area contributed by atoms with E-state index < -0.39 is 0 Å². The van der Waals surface area contributed by atoms with Gasteiger partial charge in [0.05, 0.1) is 4.88 Å². The van der Waals surface area contributed by atoms with Crippen molar-refractivity contribution in [2.45, 2.75) is 11.4 Å². The number of aromatic nitrogens is 1. The summed E-state index contributed by atoms with van der Waals surface area (Å²) in [6.07, 6.45) is 3.49. The first-order chi connectivity index (χ1) is 8.16. The van der Waals surface area contributed by atoms with Crippen molar-refractivity contribution >= 4 is 29.9 Å². The zero-order valence-corrected chi connectivity index (χ0v) is 11.0. The third-order valence-electron chi connectivity index (χ3n) is 2.29. The SMILES string of the molecule is CN(Cc1cccnc1)C(=O)c1cc(S)cs1. The fourth-order valence-corrected chi connectivity index (χ4v) is 2.61. The van der Waals surface area contributed by atoms with Gasteiger partial charge in [0.25, 0.3) is 5.91 Å². The van der Waals surface area contributed by atoms with Crippen molar-refractivity contribution in [1.82, 2.24) is 9.88 Å². The molecule has 3 nitrogen and oxygen atoms in total. The van der Waals surface area contributed by atoms with E-state index in [0.29, 0.717) is 11.4 Å². The van der Waals surface area contributed by atoms with Gasteiger partial charge in [0, 0.05) is 36.3 Å². The molecule has 0 aromatic carbocycles. The summed E-state index contributed by atoms with van der Waals surface area (Å²) in [7, 11) is 1.78. The maximum Gasteiger partial charge on any atom is 0.264 e. The van der Waals surface area contributed by atoms with Gasteiger partial charge in [0.15, 0.2) is 0 Å². The highest BCUT2D eigenvalue weighted by atomic mass is 32.1. The van der Waals surface area contributed by atoms with Gasteiger partial charge >= 0.3 is 0 Å². The number of hydrogen-bond donors (Lipinski definition) is 1. The Balaban J connectivity index is 2.06. The standard InChI is InChI=1S/C12H12N2OS2/c1-14(7-9-3-2-4-13-6-9)12(15)11-5-10(16)8-17-11/h2-6,8,16H,7H2,1H3. The van der Waals surface area contributed by atoms with Crippen LogP contribution in [-0.4, -0.2) is 22.8 Å². The van der Waals surface area contributed by atoms with E-state index in [9.17, 15) is 4.79 Å². The number of thiophene rings is 1. The fraction of sp³-hybridized carbons (Fsp3) is 0.167. The number of thiol groups is 1. The Hall–Kier alpha value is -1.33. The molecule has 17 heavy (non-hydrogen) atoms. The van der Waals surface area contributed by atoms with Gasteiger partial charge in [0.1, 0.15) is 0 Å². The Labute approximate surface area is 110 Å². The Morgan fingerprint density at radius 1 is 1.59 bits per heavy atom. The average Bonchev–Trinajstić information content (AvgIpc) is 2.76. The first-order valence-corrected chi connectivity index (χ1v) is 6.41. The van der Waals surface area contributed by atoms with Crippen molar-refractivity contribution in [3.8, 4) is 0 Å². The number of carbonyl (C=O) groups excluding carboxylic acids is 1. The smallest absolute Gasteiger partial charge is 0.264 e. The van der Waals surface area contributed by atoms with E-state index in [1.165, 1.54) is 11.3 Å². The zero-order chi connectivity index (χ0) is 12.3. The summed E-state index contributed by atoms with van der Waals surface area (Å²) in [5, 5.41) is 1.86. The summed E-state index contributed by atoms with van der Waals surface area (Å²) in [5.74, 6) is 0.0131. The second kappa shape index (κ2) is 5.33. The van der Waals surface area contributed by atoms with E-state index in [4.69, 9.17) is 0 Å². The quantitative estimate of drug-likeness (QED) is 0.865. The highest BCUT2D eigenvalue weighted by Crippen LogP contribution is 2.19. The van der Waals surface area contributed by atoms with Crippen LogP contribution in [0.5, 0.6) is 0 Å². The van der Waals surface area contributed by atoms with Crippen LogP contribution in [0.15, 0.2) is 40.9 Å². The van der Waals surface area contributed by atoms with Gasteiger partial charge in [-0.05, 0) is 17.7 Å². The lowest BCUT2D eigenvalue weighted by atomic mass is 10.2. The summed E-state index contributed by atoms with van der Waals surface area (Å²) in [5.41, 5.74) is 1.02. The van der Waals surface area contributed by atoms with Gasteiger partial charge < -0.3 is 4.90 Å². The van der Waals surface area contributed by atoms with Crippen LogP contribution in [0.4, 0.5) is 0 Å². The number of pyridine rings is 1. The topological polar surface area (TPSA) is 33.2 Å². The number of hydrogen-bond acceptors (Lipinski definition) is 4. The second-order valence-electron chi connectivity index (χ2n) is 3.69. The lowest BCUT2D eigenvalue weighted by molar-refractivity contribution is 0.0789. The van der Waals surface area contributed by atoms with Crippen LogP contribution in [0, 0.1) is 0 Å². The molecule has 0 saturated heterocycles. The number of carbonyl (C=O) groups is 1. The predicted octanol–water partition coefficient (Wildman–Crippen LogP) is 2.70. The Kier molecular flexibility index (Phi) is 3.81. The van der Waals surface area contributed by atoms with Crippen molar-refractivity contribution < 1.29 is 4.79 Å². The molecule has 0 aliphatic rings. The summed E-state index contributed by atoms with van der Waals surface area (Å²) in [6, 6.07) is 5.61. The van der Waals surface area contributed by atoms with Gasteiger partial charge in [-0.25, -0.2) is 0 Å². The molecular formula is C12H12N2OS2. The van der Waals surface area contributed by atoms with Crippen molar-refractivity contribution in [3.05, 3.63) is 46.4 Å². The molecule has 0 saturated carbocycles. The molecule has 88 valence electrons. The first kappa shape index (κ1) is 12.1. The number of rotatable bonds is 3. The largest absolute Gasteiger partial charge is 0.337 e. The maximum atomic E-state index is 12.0. The highest BCUT2D eigenvalue weighted by Gasteiger charge is 2.13. The fourth-order valence-electron chi connectivity index (χ4n) is 1.46. The highest BCUT2D eigenvalue weighted by molar-refractivity contribution is 7.80. The number of amides is 1. The van der Waals surface area contributed by atoms with Crippen LogP contribution < -0.4 is 0 Å². The van der Waals surface area contributed by atoms with Crippen LogP contribution in [0.2, 0.25) is 0 Å². The van der Waals surface area contributed by atoms with Gasteiger partial charge in [-0.15, -0.1) is 24.0 Å². The molecule has 5 heteroatoms. The van der Waals surface area contributed by atoms with Gasteiger partial charge in [-0.3, -0.25) is 9.78 Å². The third-order valence-corrected chi connectivity index (χ3v) is 3.64. The van der Waals surface area contributed by atoms with Crippen molar-refractivity contribution in [2.75, 3.05) is 7.05 Å². The summed E-state index contributed by atoms with van der Waals surface area (Å²) >= 11 is 5.61. The van der Waals surface area contributed by atoms with Crippen LogP contribution in [0.25, 0.3) is 0 Å². The molecule has 0 N–H and O–H groups in total. The zero-order valence-electron chi connectivity index (χ0n) is 9.33. The molecule has 0 radical (unpaired) electrons. The molecular weight excluding hydrogens is 252 g/mol. The summed E-state index contributed by atoms with van der Waals surface area (Å²) in [6.45, 7) is 0.562. The minimum atomic E-state index is 0.0131. The molecule has 0 fully saturated rings. The van der Waals surface area contributed by atoms with Crippen LogP contribution in [-0.2, 0) is 6.54 Å². The Morgan fingerprint density at radius 3 is 3.00 bits per heavy atom. The Bertz CT molecular complexity index is 510. The van der Waals surface area contributed by atoms with Crippen LogP contribution >= 0.6 is 24.0 Å². The molecule has 0 atom stereocenters. The molecule has 0 unspecified atom stereocenters. The van der Waals surface area contributed by atoms with E-state index in [1.54, 1.807) is 30.4 Å². The maximum absolute atomic E-state index is 12.0. The molecule has 2 aromatic rings. The molecule has 2 heterocycles. The normalized spacial score (nSPS) is 10.2. The monoisotopic (exact) mass is 264 g/mol. The van der Waals surface area contributed by atoms with Crippen molar-refractivity contribution in [3.63, 3.8) is 0 Å². The molecule has 0 aliphatic carbocycles. The minimum Gasteiger partial charge on any atom is -0.337 e. The lowest BCUT2D eigenvalue weighted by Gasteiger charge is -2.15. The van der Waals surface area contributed by atoms with Gasteiger partial charge in [-0.1, -0.05) is 6.07 Å². The van der Waals surface area contributed by atoms with Crippen LogP contribution in [0.3, 0.4) is 0 Å². The molecule has 0 spiro atoms. The minimum absolute atomic E-state index is 0.0131. The van der Waals surface area contributed by atoms with Crippen LogP contribution in [0.1, 0.15) is 15.2 Å². The summed E-state index contributed by atoms with van der Waals surface area (Å²) < 4.78 is 0. The van der Waals surface area contributed by atoms with Gasteiger partial charge in [0.2, 0.25) is 0 Å². The molecule has 2 rings (SSSR count). The van der Waals surface area contributed by atoms with E-state index in [2.05, 4.69) is 17.6 Å². The average molecular weight is 264 g/mol. The molecule has 1 amide bonds. The third kappa shape index (κ3) is 3.08. The molecule has 0 aliphatic heterocycles.